The Hall–Kier alpha value is -1.60. The van der Waals surface area contributed by atoms with E-state index in [4.69, 9.17) is 4.74 Å². The third-order valence-electron chi connectivity index (χ3n) is 2.81. The van der Waals surface area contributed by atoms with Crippen LogP contribution in [0.5, 0.6) is 0 Å². The van der Waals surface area contributed by atoms with Gasteiger partial charge >= 0.3 is 12.0 Å². The van der Waals surface area contributed by atoms with Gasteiger partial charge in [-0.3, -0.25) is 5.32 Å². The number of carboxylic acids is 1. The number of urea groups is 1. The van der Waals surface area contributed by atoms with Gasteiger partial charge in [0.2, 0.25) is 0 Å². The summed E-state index contributed by atoms with van der Waals surface area (Å²) in [4.78, 5) is 23.8. The molecule has 1 heterocycles. The molecule has 1 aromatic rings. The molecule has 0 bridgehead atoms. The van der Waals surface area contributed by atoms with Crippen LogP contribution in [0.3, 0.4) is 0 Å². The van der Waals surface area contributed by atoms with Crippen molar-refractivity contribution in [1.29, 1.82) is 0 Å². The predicted molar refractivity (Wildman–Crippen MR) is 83.4 cm³/mol. The highest BCUT2D eigenvalue weighted by Gasteiger charge is 2.20. The first-order chi connectivity index (χ1) is 9.82. The second-order valence-corrected chi connectivity index (χ2v) is 6.37. The average Bonchev–Trinajstić information content (AvgIpc) is 2.63. The minimum atomic E-state index is -1.03. The Morgan fingerprint density at radius 3 is 2.57 bits per heavy atom. The molecular formula is C14H22N2O4S. The Bertz CT molecular complexity index is 511. The van der Waals surface area contributed by atoms with Gasteiger partial charge in [-0.2, -0.15) is 0 Å². The first kappa shape index (κ1) is 17.5. The summed E-state index contributed by atoms with van der Waals surface area (Å²) < 4.78 is 5.35. The van der Waals surface area contributed by atoms with Crippen LogP contribution in [0.2, 0.25) is 0 Å². The van der Waals surface area contributed by atoms with Gasteiger partial charge in [0.15, 0.2) is 0 Å². The number of hydrogen-bond donors (Lipinski definition) is 3. The molecule has 2 amide bonds. The Morgan fingerprint density at radius 2 is 2.00 bits per heavy atom. The van der Waals surface area contributed by atoms with Gasteiger partial charge in [-0.25, -0.2) is 9.59 Å². The minimum absolute atomic E-state index is 0.156. The van der Waals surface area contributed by atoms with E-state index >= 15 is 0 Å². The molecule has 0 atom stereocenters. The number of anilines is 1. The van der Waals surface area contributed by atoms with Gasteiger partial charge < -0.3 is 15.2 Å². The number of rotatable bonds is 7. The van der Waals surface area contributed by atoms with Crippen molar-refractivity contribution in [2.75, 3.05) is 25.1 Å². The van der Waals surface area contributed by atoms with Crippen molar-refractivity contribution in [3.63, 3.8) is 0 Å². The normalized spacial score (nSPS) is 10.7. The first-order valence-electron chi connectivity index (χ1n) is 6.78. The SMILES string of the molecule is Cc1sc(NC(=O)NCCOCC(C)C)c(C(=O)O)c1C. The molecule has 1 rings (SSSR count). The number of amides is 2. The molecular weight excluding hydrogens is 292 g/mol. The van der Waals surface area contributed by atoms with Crippen LogP contribution in [-0.2, 0) is 4.74 Å². The van der Waals surface area contributed by atoms with Gasteiger partial charge in [-0.1, -0.05) is 13.8 Å². The summed E-state index contributed by atoms with van der Waals surface area (Å²) in [7, 11) is 0. The summed E-state index contributed by atoms with van der Waals surface area (Å²) in [6.45, 7) is 9.12. The van der Waals surface area contributed by atoms with Crippen LogP contribution >= 0.6 is 11.3 Å². The van der Waals surface area contributed by atoms with Crippen molar-refractivity contribution in [2.24, 2.45) is 5.92 Å². The molecule has 0 spiro atoms. The van der Waals surface area contributed by atoms with E-state index < -0.39 is 12.0 Å². The zero-order valence-electron chi connectivity index (χ0n) is 12.8. The summed E-state index contributed by atoms with van der Waals surface area (Å²) in [5.41, 5.74) is 0.840. The molecule has 0 radical (unpaired) electrons. The number of thiophene rings is 1. The van der Waals surface area contributed by atoms with Crippen molar-refractivity contribution in [3.8, 4) is 0 Å². The summed E-state index contributed by atoms with van der Waals surface area (Å²) in [5.74, 6) is -0.582. The van der Waals surface area contributed by atoms with Crippen LogP contribution < -0.4 is 10.6 Å². The van der Waals surface area contributed by atoms with Gasteiger partial charge in [0.1, 0.15) is 5.00 Å². The van der Waals surface area contributed by atoms with Crippen molar-refractivity contribution in [3.05, 3.63) is 16.0 Å². The molecule has 0 unspecified atom stereocenters. The van der Waals surface area contributed by atoms with E-state index in [1.54, 1.807) is 6.92 Å². The van der Waals surface area contributed by atoms with Gasteiger partial charge in [-0.15, -0.1) is 11.3 Å². The molecule has 0 saturated heterocycles. The monoisotopic (exact) mass is 314 g/mol. The summed E-state index contributed by atoms with van der Waals surface area (Å²) in [5, 5.41) is 14.8. The molecule has 1 aromatic heterocycles. The number of aromatic carboxylic acids is 1. The summed E-state index contributed by atoms with van der Waals surface area (Å²) in [6.07, 6.45) is 0. The van der Waals surface area contributed by atoms with Crippen LogP contribution in [0, 0.1) is 19.8 Å². The Labute approximate surface area is 128 Å². The third kappa shape index (κ3) is 5.35. The van der Waals surface area contributed by atoms with E-state index in [0.29, 0.717) is 36.2 Å². The molecule has 7 heteroatoms. The lowest BCUT2D eigenvalue weighted by Crippen LogP contribution is -2.32. The summed E-state index contributed by atoms with van der Waals surface area (Å²) in [6, 6.07) is -0.424. The molecule has 0 aliphatic heterocycles. The molecule has 21 heavy (non-hydrogen) atoms. The Kier molecular flexibility index (Phi) is 6.64. The van der Waals surface area contributed by atoms with E-state index in [0.717, 1.165) is 4.88 Å². The number of ether oxygens (including phenoxy) is 1. The second kappa shape index (κ2) is 7.99. The number of carboxylic acid groups (broad SMARTS) is 1. The topological polar surface area (TPSA) is 87.7 Å². The molecule has 0 aliphatic carbocycles. The maximum Gasteiger partial charge on any atom is 0.338 e. The number of hydrogen-bond acceptors (Lipinski definition) is 4. The fourth-order valence-electron chi connectivity index (χ4n) is 1.68. The van der Waals surface area contributed by atoms with Gasteiger partial charge in [0, 0.05) is 18.0 Å². The number of nitrogens with one attached hydrogen (secondary N) is 2. The van der Waals surface area contributed by atoms with Gasteiger partial charge in [-0.05, 0) is 25.3 Å². The van der Waals surface area contributed by atoms with Crippen LogP contribution in [0.4, 0.5) is 9.80 Å². The highest BCUT2D eigenvalue weighted by atomic mass is 32.1. The first-order valence-corrected chi connectivity index (χ1v) is 7.60. The quantitative estimate of drug-likeness (QED) is 0.675. The smallest absolute Gasteiger partial charge is 0.338 e. The van der Waals surface area contributed by atoms with E-state index in [1.807, 2.05) is 6.92 Å². The van der Waals surface area contributed by atoms with Gasteiger partial charge in [0.25, 0.3) is 0 Å². The van der Waals surface area contributed by atoms with Crippen molar-refractivity contribution >= 4 is 28.3 Å². The fraction of sp³-hybridized carbons (Fsp3) is 0.571. The number of aryl methyl sites for hydroxylation is 1. The number of carbonyl (C=O) groups excluding carboxylic acids is 1. The van der Waals surface area contributed by atoms with Crippen LogP contribution in [0.15, 0.2) is 0 Å². The van der Waals surface area contributed by atoms with Crippen molar-refractivity contribution < 1.29 is 19.4 Å². The van der Waals surface area contributed by atoms with E-state index in [9.17, 15) is 14.7 Å². The maximum atomic E-state index is 11.7. The largest absolute Gasteiger partial charge is 0.478 e. The molecule has 0 fully saturated rings. The minimum Gasteiger partial charge on any atom is -0.478 e. The molecule has 0 aliphatic rings. The Morgan fingerprint density at radius 1 is 1.33 bits per heavy atom. The highest BCUT2D eigenvalue weighted by molar-refractivity contribution is 7.16. The van der Waals surface area contributed by atoms with Crippen molar-refractivity contribution in [1.82, 2.24) is 5.32 Å². The van der Waals surface area contributed by atoms with E-state index in [2.05, 4.69) is 24.5 Å². The standard InChI is InChI=1S/C14H22N2O4S/c1-8(2)7-20-6-5-15-14(19)16-12-11(13(17)18)9(3)10(4)21-12/h8H,5-7H2,1-4H3,(H,17,18)(H2,15,16,19). The third-order valence-corrected chi connectivity index (χ3v) is 3.93. The molecule has 3 N–H and O–H groups in total. The highest BCUT2D eigenvalue weighted by Crippen LogP contribution is 2.32. The molecule has 0 aromatic carbocycles. The van der Waals surface area contributed by atoms with E-state index in [1.165, 1.54) is 11.3 Å². The van der Waals surface area contributed by atoms with Crippen LogP contribution in [0.25, 0.3) is 0 Å². The van der Waals surface area contributed by atoms with E-state index in [-0.39, 0.29) is 5.56 Å². The van der Waals surface area contributed by atoms with Crippen LogP contribution in [0.1, 0.15) is 34.6 Å². The molecule has 118 valence electrons. The van der Waals surface area contributed by atoms with Gasteiger partial charge in [0.05, 0.1) is 12.2 Å². The summed E-state index contributed by atoms with van der Waals surface area (Å²) >= 11 is 1.26. The molecule has 0 saturated carbocycles. The van der Waals surface area contributed by atoms with Crippen molar-refractivity contribution in [2.45, 2.75) is 27.7 Å². The predicted octanol–water partition coefficient (Wildman–Crippen LogP) is 2.86. The zero-order chi connectivity index (χ0) is 16.0. The zero-order valence-corrected chi connectivity index (χ0v) is 13.6. The second-order valence-electron chi connectivity index (χ2n) is 5.14. The maximum absolute atomic E-state index is 11.7. The molecule has 6 nitrogen and oxygen atoms in total. The van der Waals surface area contributed by atoms with Crippen LogP contribution in [-0.4, -0.2) is 36.9 Å². The lowest BCUT2D eigenvalue weighted by Gasteiger charge is -2.09. The number of carbonyl (C=O) groups is 2. The lowest BCUT2D eigenvalue weighted by molar-refractivity contribution is 0.0697. The fourth-order valence-corrected chi connectivity index (χ4v) is 2.72. The Balaban J connectivity index is 2.48. The average molecular weight is 314 g/mol. The lowest BCUT2D eigenvalue weighted by atomic mass is 10.1.